The molecule has 1 unspecified atom stereocenters. The molecule has 0 spiro atoms. The second kappa shape index (κ2) is 8.58. The minimum atomic E-state index is -0.981. The highest BCUT2D eigenvalue weighted by Crippen LogP contribution is 2.13. The topological polar surface area (TPSA) is 66.4 Å². The molecule has 0 heterocycles. The lowest BCUT2D eigenvalue weighted by molar-refractivity contribution is -0.141. The molecule has 5 heteroatoms. The van der Waals surface area contributed by atoms with Crippen LogP contribution in [0.4, 0.5) is 0 Å². The third-order valence-corrected chi connectivity index (χ3v) is 3.61. The van der Waals surface area contributed by atoms with E-state index in [1.54, 1.807) is 0 Å². The zero-order valence-electron chi connectivity index (χ0n) is 11.0. The number of amides is 1. The number of benzene rings is 1. The van der Waals surface area contributed by atoms with Crippen molar-refractivity contribution in [1.82, 2.24) is 5.32 Å². The van der Waals surface area contributed by atoms with E-state index in [1.165, 1.54) is 11.8 Å². The first kappa shape index (κ1) is 15.6. The maximum absolute atomic E-state index is 11.4. The Hall–Kier alpha value is -1.49. The predicted molar refractivity (Wildman–Crippen MR) is 77.1 cm³/mol. The quantitative estimate of drug-likeness (QED) is 0.767. The van der Waals surface area contributed by atoms with Crippen LogP contribution in [-0.2, 0) is 15.3 Å². The third kappa shape index (κ3) is 6.29. The molecule has 19 heavy (non-hydrogen) atoms. The Bertz CT molecular complexity index is 408. The smallest absolute Gasteiger partial charge is 0.327 e. The first-order valence-electron chi connectivity index (χ1n) is 6.27. The van der Waals surface area contributed by atoms with Crippen molar-refractivity contribution in [3.05, 3.63) is 35.9 Å². The number of rotatable bonds is 8. The second-order valence-corrected chi connectivity index (χ2v) is 5.24. The minimum absolute atomic E-state index is 0.199. The SMILES string of the molecule is CCCC(=O)NC(CSCc1ccccc1)C(=O)O. The van der Waals surface area contributed by atoms with Crippen LogP contribution in [0.15, 0.2) is 30.3 Å². The van der Waals surface area contributed by atoms with E-state index in [4.69, 9.17) is 5.11 Å². The molecule has 0 aliphatic rings. The van der Waals surface area contributed by atoms with Crippen LogP contribution >= 0.6 is 11.8 Å². The van der Waals surface area contributed by atoms with Crippen LogP contribution in [0.5, 0.6) is 0 Å². The fourth-order valence-corrected chi connectivity index (χ4v) is 2.54. The molecule has 0 fully saturated rings. The summed E-state index contributed by atoms with van der Waals surface area (Å²) in [5.74, 6) is -0.0613. The molecule has 1 aromatic rings. The highest BCUT2D eigenvalue weighted by molar-refractivity contribution is 7.98. The number of carbonyl (C=O) groups is 2. The standard InChI is InChI=1S/C14H19NO3S/c1-2-6-13(16)15-12(14(17)18)10-19-9-11-7-4-3-5-8-11/h3-5,7-8,12H,2,6,9-10H2,1H3,(H,15,16)(H,17,18). The van der Waals surface area contributed by atoms with Crippen LogP contribution in [0.25, 0.3) is 0 Å². The summed E-state index contributed by atoms with van der Waals surface area (Å²) in [6.45, 7) is 1.89. The molecule has 0 saturated carbocycles. The monoisotopic (exact) mass is 281 g/mol. The number of nitrogens with one attached hydrogen (secondary N) is 1. The van der Waals surface area contributed by atoms with Gasteiger partial charge in [-0.25, -0.2) is 4.79 Å². The third-order valence-electron chi connectivity index (χ3n) is 2.51. The number of aliphatic carboxylic acids is 1. The fourth-order valence-electron chi connectivity index (χ4n) is 1.54. The number of carbonyl (C=O) groups excluding carboxylic acids is 1. The normalized spacial score (nSPS) is 11.8. The number of carboxylic acids is 1. The summed E-state index contributed by atoms with van der Waals surface area (Å²) >= 11 is 1.51. The molecule has 1 atom stereocenters. The molecule has 0 bridgehead atoms. The summed E-state index contributed by atoms with van der Waals surface area (Å²) in [6, 6.07) is 9.03. The summed E-state index contributed by atoms with van der Waals surface area (Å²) in [4.78, 5) is 22.5. The Morgan fingerprint density at radius 3 is 2.58 bits per heavy atom. The Labute approximate surface area is 117 Å². The first-order valence-corrected chi connectivity index (χ1v) is 7.42. The molecular weight excluding hydrogens is 262 g/mol. The van der Waals surface area contributed by atoms with Crippen LogP contribution < -0.4 is 5.32 Å². The maximum Gasteiger partial charge on any atom is 0.327 e. The van der Waals surface area contributed by atoms with Crippen LogP contribution in [0, 0.1) is 0 Å². The molecule has 104 valence electrons. The van der Waals surface area contributed by atoms with Gasteiger partial charge in [0.05, 0.1) is 0 Å². The van der Waals surface area contributed by atoms with Gasteiger partial charge in [-0.2, -0.15) is 11.8 Å². The molecule has 2 N–H and O–H groups in total. The van der Waals surface area contributed by atoms with E-state index >= 15 is 0 Å². The maximum atomic E-state index is 11.4. The molecular formula is C14H19NO3S. The fraction of sp³-hybridized carbons (Fsp3) is 0.429. The number of hydrogen-bond donors (Lipinski definition) is 2. The minimum Gasteiger partial charge on any atom is -0.480 e. The predicted octanol–water partition coefficient (Wildman–Crippen LogP) is 2.29. The van der Waals surface area contributed by atoms with E-state index < -0.39 is 12.0 Å². The Morgan fingerprint density at radius 2 is 2.00 bits per heavy atom. The van der Waals surface area contributed by atoms with Crippen molar-refractivity contribution in [3.63, 3.8) is 0 Å². The average Bonchev–Trinajstić information content (AvgIpc) is 2.39. The van der Waals surface area contributed by atoms with Crippen molar-refractivity contribution < 1.29 is 14.7 Å². The average molecular weight is 281 g/mol. The van der Waals surface area contributed by atoms with Crippen molar-refractivity contribution in [3.8, 4) is 0 Å². The van der Waals surface area contributed by atoms with Gasteiger partial charge in [0.1, 0.15) is 6.04 Å². The van der Waals surface area contributed by atoms with E-state index in [0.29, 0.717) is 12.2 Å². The van der Waals surface area contributed by atoms with E-state index in [0.717, 1.165) is 17.7 Å². The van der Waals surface area contributed by atoms with Crippen LogP contribution in [0.3, 0.4) is 0 Å². The Balaban J connectivity index is 2.38. The zero-order valence-corrected chi connectivity index (χ0v) is 11.8. The van der Waals surface area contributed by atoms with Gasteiger partial charge in [-0.3, -0.25) is 4.79 Å². The highest BCUT2D eigenvalue weighted by Gasteiger charge is 2.19. The lowest BCUT2D eigenvalue weighted by Crippen LogP contribution is -2.42. The van der Waals surface area contributed by atoms with Gasteiger partial charge in [-0.1, -0.05) is 37.3 Å². The number of thioether (sulfide) groups is 1. The van der Waals surface area contributed by atoms with Crippen molar-refractivity contribution in [2.24, 2.45) is 0 Å². The summed E-state index contributed by atoms with van der Waals surface area (Å²) in [5, 5.41) is 11.6. The van der Waals surface area contributed by atoms with E-state index in [2.05, 4.69) is 5.32 Å². The van der Waals surface area contributed by atoms with Gasteiger partial charge in [0, 0.05) is 17.9 Å². The van der Waals surface area contributed by atoms with Gasteiger partial charge < -0.3 is 10.4 Å². The summed E-state index contributed by atoms with van der Waals surface area (Å²) in [6.07, 6.45) is 1.09. The molecule has 0 aliphatic heterocycles. The van der Waals surface area contributed by atoms with Crippen molar-refractivity contribution >= 4 is 23.6 Å². The molecule has 0 radical (unpaired) electrons. The van der Waals surface area contributed by atoms with E-state index in [-0.39, 0.29) is 5.91 Å². The molecule has 0 saturated heterocycles. The van der Waals surface area contributed by atoms with Crippen molar-refractivity contribution in [2.75, 3.05) is 5.75 Å². The van der Waals surface area contributed by atoms with Crippen molar-refractivity contribution in [2.45, 2.75) is 31.6 Å². The zero-order chi connectivity index (χ0) is 14.1. The molecule has 4 nitrogen and oxygen atoms in total. The summed E-state index contributed by atoms with van der Waals surface area (Å²) in [7, 11) is 0. The molecule has 0 aromatic heterocycles. The van der Waals surface area contributed by atoms with E-state index in [1.807, 2.05) is 37.3 Å². The first-order chi connectivity index (χ1) is 9.13. The highest BCUT2D eigenvalue weighted by atomic mass is 32.2. The molecule has 1 amide bonds. The van der Waals surface area contributed by atoms with Gasteiger partial charge in [-0.05, 0) is 12.0 Å². The van der Waals surface area contributed by atoms with Crippen molar-refractivity contribution in [1.29, 1.82) is 0 Å². The molecule has 0 aliphatic carbocycles. The molecule has 1 aromatic carbocycles. The van der Waals surface area contributed by atoms with Gasteiger partial charge in [0.2, 0.25) is 5.91 Å². The molecule has 1 rings (SSSR count). The van der Waals surface area contributed by atoms with Gasteiger partial charge >= 0.3 is 5.97 Å². The van der Waals surface area contributed by atoms with Crippen LogP contribution in [0.1, 0.15) is 25.3 Å². The van der Waals surface area contributed by atoms with Gasteiger partial charge in [0.25, 0.3) is 0 Å². The lowest BCUT2D eigenvalue weighted by atomic mass is 10.2. The number of hydrogen-bond acceptors (Lipinski definition) is 3. The summed E-state index contributed by atoms with van der Waals surface area (Å²) < 4.78 is 0. The van der Waals surface area contributed by atoms with Gasteiger partial charge in [-0.15, -0.1) is 0 Å². The van der Waals surface area contributed by atoms with E-state index in [9.17, 15) is 9.59 Å². The second-order valence-electron chi connectivity index (χ2n) is 4.21. The van der Waals surface area contributed by atoms with Gasteiger partial charge in [0.15, 0.2) is 0 Å². The van der Waals surface area contributed by atoms with Crippen LogP contribution in [0.2, 0.25) is 0 Å². The number of carboxylic acid groups (broad SMARTS) is 1. The Morgan fingerprint density at radius 1 is 1.32 bits per heavy atom. The largest absolute Gasteiger partial charge is 0.480 e. The Kier molecular flexibility index (Phi) is 7.03. The summed E-state index contributed by atoms with van der Waals surface area (Å²) in [5.41, 5.74) is 1.15. The van der Waals surface area contributed by atoms with Crippen LogP contribution in [-0.4, -0.2) is 28.8 Å². The lowest BCUT2D eigenvalue weighted by Gasteiger charge is -2.14.